The minimum absolute atomic E-state index is 0.0404. The van der Waals surface area contributed by atoms with Crippen molar-refractivity contribution in [2.75, 3.05) is 34.0 Å². The first-order chi connectivity index (χ1) is 13.9. The Hall–Kier alpha value is -2.73. The third kappa shape index (κ3) is 6.98. The highest BCUT2D eigenvalue weighted by Crippen LogP contribution is 2.30. The largest absolute Gasteiger partial charge is 0.493 e. The molecule has 0 aliphatic carbocycles. The van der Waals surface area contributed by atoms with E-state index >= 15 is 0 Å². The van der Waals surface area contributed by atoms with Crippen molar-refractivity contribution in [3.63, 3.8) is 0 Å². The Labute approximate surface area is 173 Å². The van der Waals surface area contributed by atoms with Gasteiger partial charge in [0.25, 0.3) is 5.91 Å². The number of rotatable bonds is 11. The van der Waals surface area contributed by atoms with Gasteiger partial charge in [-0.2, -0.15) is 0 Å². The van der Waals surface area contributed by atoms with E-state index in [0.717, 1.165) is 5.56 Å². The van der Waals surface area contributed by atoms with Gasteiger partial charge >= 0.3 is 0 Å². The lowest BCUT2D eigenvalue weighted by Crippen LogP contribution is -2.31. The molecule has 1 unspecified atom stereocenters. The maximum absolute atomic E-state index is 12.3. The summed E-state index contributed by atoms with van der Waals surface area (Å²) in [5.41, 5.74) is 2.09. The topological polar surface area (TPSA) is 66.0 Å². The molecule has 2 rings (SSSR count). The second-order valence-electron chi connectivity index (χ2n) is 7.06. The number of amides is 1. The van der Waals surface area contributed by atoms with Crippen LogP contribution in [0.2, 0.25) is 0 Å². The van der Waals surface area contributed by atoms with Gasteiger partial charge in [-0.15, -0.1) is 0 Å². The number of hydrogen-bond acceptors (Lipinski definition) is 5. The molecule has 0 radical (unpaired) electrons. The zero-order valence-electron chi connectivity index (χ0n) is 17.9. The summed E-state index contributed by atoms with van der Waals surface area (Å²) in [4.78, 5) is 12.3. The van der Waals surface area contributed by atoms with E-state index in [2.05, 4.69) is 25.2 Å². The summed E-state index contributed by atoms with van der Waals surface area (Å²) in [5.74, 6) is 2.16. The molecule has 0 fully saturated rings. The first-order valence-corrected chi connectivity index (χ1v) is 9.76. The summed E-state index contributed by atoms with van der Waals surface area (Å²) < 4.78 is 21.7. The molecule has 158 valence electrons. The van der Waals surface area contributed by atoms with Crippen LogP contribution in [0.4, 0.5) is 0 Å². The Bertz CT molecular complexity index is 791. The number of benzene rings is 2. The predicted molar refractivity (Wildman–Crippen MR) is 113 cm³/mol. The van der Waals surface area contributed by atoms with Crippen LogP contribution in [0.3, 0.4) is 0 Å². The van der Waals surface area contributed by atoms with Crippen LogP contribution < -0.4 is 19.5 Å². The second kappa shape index (κ2) is 11.3. The summed E-state index contributed by atoms with van der Waals surface area (Å²) in [7, 11) is 3.21. The molecule has 0 aliphatic heterocycles. The van der Waals surface area contributed by atoms with E-state index in [1.165, 1.54) is 5.56 Å². The molecule has 1 N–H and O–H groups in total. The monoisotopic (exact) mass is 401 g/mol. The summed E-state index contributed by atoms with van der Waals surface area (Å²) in [6, 6.07) is 13.2. The fourth-order valence-corrected chi connectivity index (χ4v) is 2.79. The molecule has 1 amide bonds. The third-order valence-corrected chi connectivity index (χ3v) is 4.50. The molecule has 0 aromatic heterocycles. The zero-order chi connectivity index (χ0) is 21.2. The normalized spacial score (nSPS) is 11.8. The molecule has 0 saturated carbocycles. The lowest BCUT2D eigenvalue weighted by molar-refractivity contribution is -0.123. The van der Waals surface area contributed by atoms with Crippen LogP contribution >= 0.6 is 0 Å². The van der Waals surface area contributed by atoms with Crippen molar-refractivity contribution < 1.29 is 23.7 Å². The van der Waals surface area contributed by atoms with Crippen molar-refractivity contribution in [1.82, 2.24) is 5.32 Å². The summed E-state index contributed by atoms with van der Waals surface area (Å²) in [6.07, 6.45) is 0. The molecule has 2 aromatic carbocycles. The molecular weight excluding hydrogens is 370 g/mol. The highest BCUT2D eigenvalue weighted by molar-refractivity contribution is 5.78. The zero-order valence-corrected chi connectivity index (χ0v) is 17.9. The quantitative estimate of drug-likeness (QED) is 0.574. The average molecular weight is 402 g/mol. The Kier molecular flexibility index (Phi) is 8.80. The van der Waals surface area contributed by atoms with Crippen molar-refractivity contribution in [3.05, 3.63) is 53.6 Å². The molecule has 2 aromatic rings. The molecule has 0 saturated heterocycles. The highest BCUT2D eigenvalue weighted by atomic mass is 16.5. The van der Waals surface area contributed by atoms with E-state index in [0.29, 0.717) is 36.4 Å². The summed E-state index contributed by atoms with van der Waals surface area (Å²) in [5, 5.41) is 2.95. The van der Waals surface area contributed by atoms with Crippen LogP contribution in [-0.2, 0) is 9.53 Å². The summed E-state index contributed by atoms with van der Waals surface area (Å²) in [6.45, 7) is 7.05. The molecule has 0 spiro atoms. The van der Waals surface area contributed by atoms with E-state index in [1.807, 2.05) is 43.3 Å². The minimum Gasteiger partial charge on any atom is -0.493 e. The van der Waals surface area contributed by atoms with Crippen molar-refractivity contribution >= 4 is 5.91 Å². The smallest absolute Gasteiger partial charge is 0.258 e. The maximum atomic E-state index is 12.3. The highest BCUT2D eigenvalue weighted by Gasteiger charge is 2.14. The number of ether oxygens (including phenoxy) is 4. The van der Waals surface area contributed by atoms with Gasteiger partial charge in [0.05, 0.1) is 19.8 Å². The van der Waals surface area contributed by atoms with Gasteiger partial charge in [-0.3, -0.25) is 4.79 Å². The van der Waals surface area contributed by atoms with E-state index < -0.39 is 0 Å². The van der Waals surface area contributed by atoms with Gasteiger partial charge in [0.1, 0.15) is 12.4 Å². The predicted octanol–water partition coefficient (Wildman–Crippen LogP) is 4.10. The van der Waals surface area contributed by atoms with Gasteiger partial charge in [-0.05, 0) is 48.2 Å². The van der Waals surface area contributed by atoms with Crippen LogP contribution in [0, 0.1) is 0 Å². The van der Waals surface area contributed by atoms with Crippen LogP contribution in [0.5, 0.6) is 17.2 Å². The van der Waals surface area contributed by atoms with E-state index in [1.54, 1.807) is 14.2 Å². The second-order valence-corrected chi connectivity index (χ2v) is 7.06. The Morgan fingerprint density at radius 2 is 1.72 bits per heavy atom. The van der Waals surface area contributed by atoms with E-state index in [4.69, 9.17) is 18.9 Å². The Balaban J connectivity index is 1.92. The standard InChI is InChI=1S/C23H31NO5/c1-16(2)18-7-6-8-20(13-18)29-15-23(25)24-17(3)19-9-10-21(22(14-19)27-5)28-12-11-26-4/h6-10,13-14,16-17H,11-12,15H2,1-5H3,(H,24,25). The molecule has 6 heteroatoms. The number of carbonyl (C=O) groups excluding carboxylic acids is 1. The molecular formula is C23H31NO5. The van der Waals surface area contributed by atoms with Crippen molar-refractivity contribution in [1.29, 1.82) is 0 Å². The van der Waals surface area contributed by atoms with Gasteiger partial charge in [0.2, 0.25) is 0 Å². The van der Waals surface area contributed by atoms with E-state index in [-0.39, 0.29) is 18.6 Å². The first-order valence-electron chi connectivity index (χ1n) is 9.76. The van der Waals surface area contributed by atoms with Crippen molar-refractivity contribution in [2.24, 2.45) is 0 Å². The Morgan fingerprint density at radius 1 is 0.931 bits per heavy atom. The van der Waals surface area contributed by atoms with Crippen molar-refractivity contribution in [3.8, 4) is 17.2 Å². The molecule has 6 nitrogen and oxygen atoms in total. The van der Waals surface area contributed by atoms with Crippen LogP contribution in [-0.4, -0.2) is 39.9 Å². The van der Waals surface area contributed by atoms with Crippen LogP contribution in [0.15, 0.2) is 42.5 Å². The SMILES string of the molecule is COCCOc1ccc(C(C)NC(=O)COc2cccc(C(C)C)c2)cc1OC. The number of hydrogen-bond donors (Lipinski definition) is 1. The van der Waals surface area contributed by atoms with Gasteiger partial charge in [-0.1, -0.05) is 32.0 Å². The summed E-state index contributed by atoms with van der Waals surface area (Å²) >= 11 is 0. The van der Waals surface area contributed by atoms with Crippen molar-refractivity contribution in [2.45, 2.75) is 32.7 Å². The van der Waals surface area contributed by atoms with Gasteiger partial charge in [0.15, 0.2) is 18.1 Å². The fourth-order valence-electron chi connectivity index (χ4n) is 2.79. The molecule has 1 atom stereocenters. The molecule has 29 heavy (non-hydrogen) atoms. The number of methoxy groups -OCH3 is 2. The minimum atomic E-state index is -0.199. The van der Waals surface area contributed by atoms with E-state index in [9.17, 15) is 4.79 Å². The van der Waals surface area contributed by atoms with Gasteiger partial charge < -0.3 is 24.3 Å². The van der Waals surface area contributed by atoms with Gasteiger partial charge in [0, 0.05) is 7.11 Å². The van der Waals surface area contributed by atoms with Crippen LogP contribution in [0.1, 0.15) is 43.9 Å². The maximum Gasteiger partial charge on any atom is 0.258 e. The number of nitrogens with one attached hydrogen (secondary N) is 1. The van der Waals surface area contributed by atoms with Crippen LogP contribution in [0.25, 0.3) is 0 Å². The molecule has 0 aliphatic rings. The Morgan fingerprint density at radius 3 is 2.41 bits per heavy atom. The third-order valence-electron chi connectivity index (χ3n) is 4.50. The fraction of sp³-hybridized carbons (Fsp3) is 0.435. The average Bonchev–Trinajstić information content (AvgIpc) is 2.72. The molecule has 0 heterocycles. The first kappa shape index (κ1) is 22.6. The van der Waals surface area contributed by atoms with Gasteiger partial charge in [-0.25, -0.2) is 0 Å². The lowest BCUT2D eigenvalue weighted by Gasteiger charge is -2.17. The lowest BCUT2D eigenvalue weighted by atomic mass is 10.0. The molecule has 0 bridgehead atoms. The number of carbonyl (C=O) groups is 1.